The number of hydrogen-bond donors (Lipinski definition) is 0. The van der Waals surface area contributed by atoms with Crippen LogP contribution in [0.5, 0.6) is 0 Å². The van der Waals surface area contributed by atoms with E-state index in [1.165, 1.54) is 4.31 Å². The van der Waals surface area contributed by atoms with Crippen LogP contribution < -0.4 is 0 Å². The number of halogens is 1. The molecule has 0 bridgehead atoms. The first-order chi connectivity index (χ1) is 13.4. The minimum atomic E-state index is -3.47. The van der Waals surface area contributed by atoms with Gasteiger partial charge in [-0.3, -0.25) is 4.90 Å². The van der Waals surface area contributed by atoms with Gasteiger partial charge in [-0.15, -0.1) is 0 Å². The van der Waals surface area contributed by atoms with E-state index in [0.717, 1.165) is 32.7 Å². The van der Waals surface area contributed by atoms with Gasteiger partial charge in [-0.25, -0.2) is 8.42 Å². The van der Waals surface area contributed by atoms with Gasteiger partial charge in [-0.2, -0.15) is 4.31 Å². The molecule has 28 heavy (non-hydrogen) atoms. The first-order valence-corrected chi connectivity index (χ1v) is 11.5. The molecule has 154 valence electrons. The molecule has 6 nitrogen and oxygen atoms in total. The van der Waals surface area contributed by atoms with Crippen molar-refractivity contribution in [2.75, 3.05) is 59.5 Å². The third kappa shape index (κ3) is 5.93. The van der Waals surface area contributed by atoms with Crippen LogP contribution in [0, 0.1) is 11.8 Å². The highest BCUT2D eigenvalue weighted by molar-refractivity contribution is 7.89. The summed E-state index contributed by atoms with van der Waals surface area (Å²) in [7, 11) is -1.32. The summed E-state index contributed by atoms with van der Waals surface area (Å²) in [5.41, 5.74) is 0. The maximum absolute atomic E-state index is 12.7. The van der Waals surface area contributed by atoms with Gasteiger partial charge in [0.15, 0.2) is 0 Å². The third-order valence-electron chi connectivity index (χ3n) is 5.27. The summed E-state index contributed by atoms with van der Waals surface area (Å²) in [5, 5.41) is 0.528. The summed E-state index contributed by atoms with van der Waals surface area (Å²) in [6.45, 7) is 6.43. The molecule has 0 aliphatic carbocycles. The standard InChI is InChI=1S/C20H28ClN3O3S/c1-22-13-15-23(16-14-22)10-2-3-17-27-19-8-11-24(12-9-19)28(25,26)20-6-4-18(21)5-7-20/h4-7,19H,8-17H2,1H3. The second kappa shape index (κ2) is 10.1. The molecule has 2 heterocycles. The molecule has 0 spiro atoms. The van der Waals surface area contributed by atoms with Crippen LogP contribution in [-0.2, 0) is 14.8 Å². The van der Waals surface area contributed by atoms with Gasteiger partial charge in [0.25, 0.3) is 0 Å². The fourth-order valence-electron chi connectivity index (χ4n) is 3.38. The lowest BCUT2D eigenvalue weighted by atomic mass is 10.1. The molecule has 0 saturated carbocycles. The Morgan fingerprint density at radius 1 is 1.04 bits per heavy atom. The molecule has 2 fully saturated rings. The zero-order valence-corrected chi connectivity index (χ0v) is 17.9. The highest BCUT2D eigenvalue weighted by atomic mass is 35.5. The Morgan fingerprint density at radius 3 is 2.32 bits per heavy atom. The fraction of sp³-hybridized carbons (Fsp3) is 0.600. The van der Waals surface area contributed by atoms with Crippen molar-refractivity contribution in [2.24, 2.45) is 0 Å². The molecule has 3 rings (SSSR count). The molecule has 0 amide bonds. The van der Waals surface area contributed by atoms with Gasteiger partial charge in [0.2, 0.25) is 10.0 Å². The number of hydrogen-bond acceptors (Lipinski definition) is 5. The zero-order valence-electron chi connectivity index (χ0n) is 16.3. The Labute approximate surface area is 173 Å². The Morgan fingerprint density at radius 2 is 1.68 bits per heavy atom. The largest absolute Gasteiger partial charge is 0.365 e. The second-order valence-corrected chi connectivity index (χ2v) is 9.68. The van der Waals surface area contributed by atoms with Crippen molar-refractivity contribution in [1.82, 2.24) is 14.1 Å². The van der Waals surface area contributed by atoms with Crippen molar-refractivity contribution in [3.8, 4) is 11.8 Å². The van der Waals surface area contributed by atoms with Crippen molar-refractivity contribution >= 4 is 21.6 Å². The first-order valence-electron chi connectivity index (χ1n) is 9.69. The minimum Gasteiger partial charge on any atom is -0.365 e. The smallest absolute Gasteiger partial charge is 0.243 e. The van der Waals surface area contributed by atoms with Crippen LogP contribution in [0.25, 0.3) is 0 Å². The quantitative estimate of drug-likeness (QED) is 0.673. The molecule has 1 aromatic carbocycles. The van der Waals surface area contributed by atoms with Gasteiger partial charge < -0.3 is 9.64 Å². The highest BCUT2D eigenvalue weighted by Crippen LogP contribution is 2.23. The average molecular weight is 426 g/mol. The van der Waals surface area contributed by atoms with Crippen LogP contribution in [0.2, 0.25) is 5.02 Å². The van der Waals surface area contributed by atoms with Gasteiger partial charge in [0.1, 0.15) is 6.61 Å². The highest BCUT2D eigenvalue weighted by Gasteiger charge is 2.29. The zero-order chi connectivity index (χ0) is 20.0. The summed E-state index contributed by atoms with van der Waals surface area (Å²) >= 11 is 5.85. The van der Waals surface area contributed by atoms with Gasteiger partial charge >= 0.3 is 0 Å². The van der Waals surface area contributed by atoms with Crippen LogP contribution in [0.15, 0.2) is 29.2 Å². The van der Waals surface area contributed by atoms with Gasteiger partial charge in [0.05, 0.1) is 17.5 Å². The van der Waals surface area contributed by atoms with Crippen LogP contribution in [0.1, 0.15) is 12.8 Å². The van der Waals surface area contributed by atoms with Crippen LogP contribution in [0.3, 0.4) is 0 Å². The predicted molar refractivity (Wildman–Crippen MR) is 111 cm³/mol. The molecule has 0 aromatic heterocycles. The van der Waals surface area contributed by atoms with Gasteiger partial charge in [-0.05, 0) is 44.2 Å². The number of benzene rings is 1. The Bertz CT molecular complexity index is 788. The summed E-state index contributed by atoms with van der Waals surface area (Å²) in [6, 6.07) is 6.31. The van der Waals surface area contributed by atoms with E-state index in [-0.39, 0.29) is 11.0 Å². The predicted octanol–water partition coefficient (Wildman–Crippen LogP) is 1.76. The average Bonchev–Trinajstić information content (AvgIpc) is 2.70. The Kier molecular flexibility index (Phi) is 7.75. The second-order valence-electron chi connectivity index (χ2n) is 7.30. The summed E-state index contributed by atoms with van der Waals surface area (Å²) in [5.74, 6) is 6.28. The van der Waals surface area contributed by atoms with E-state index < -0.39 is 10.0 Å². The van der Waals surface area contributed by atoms with Crippen LogP contribution in [-0.4, -0.2) is 88.1 Å². The van der Waals surface area contributed by atoms with E-state index in [1.807, 2.05) is 0 Å². The van der Waals surface area contributed by atoms with E-state index in [0.29, 0.717) is 37.6 Å². The normalized spacial score (nSPS) is 20.6. The summed E-state index contributed by atoms with van der Waals surface area (Å²) in [4.78, 5) is 4.96. The van der Waals surface area contributed by atoms with E-state index in [4.69, 9.17) is 16.3 Å². The van der Waals surface area contributed by atoms with Gasteiger partial charge in [-0.1, -0.05) is 23.4 Å². The Hall–Kier alpha value is -1.14. The number of sulfonamides is 1. The maximum Gasteiger partial charge on any atom is 0.243 e. The van der Waals surface area contributed by atoms with Crippen molar-refractivity contribution in [1.29, 1.82) is 0 Å². The van der Waals surface area contributed by atoms with E-state index >= 15 is 0 Å². The van der Waals surface area contributed by atoms with Gasteiger partial charge in [0, 0.05) is 44.3 Å². The molecule has 2 aliphatic rings. The number of piperazine rings is 1. The van der Waals surface area contributed by atoms with Crippen LogP contribution >= 0.6 is 11.6 Å². The number of piperidine rings is 1. The fourth-order valence-corrected chi connectivity index (χ4v) is 4.97. The SMILES string of the molecule is CN1CCN(CC#CCOC2CCN(S(=O)(=O)c3ccc(Cl)cc3)CC2)CC1. The Balaban J connectivity index is 1.39. The van der Waals surface area contributed by atoms with Crippen molar-refractivity contribution in [2.45, 2.75) is 23.8 Å². The number of rotatable bonds is 5. The number of likely N-dealkylation sites (N-methyl/N-ethyl adjacent to an activating group) is 1. The number of ether oxygens (including phenoxy) is 1. The molecule has 0 unspecified atom stereocenters. The van der Waals surface area contributed by atoms with E-state index in [2.05, 4.69) is 28.7 Å². The van der Waals surface area contributed by atoms with E-state index in [1.54, 1.807) is 24.3 Å². The van der Waals surface area contributed by atoms with Crippen molar-refractivity contribution in [3.05, 3.63) is 29.3 Å². The summed E-state index contributed by atoms with van der Waals surface area (Å²) < 4.78 is 32.7. The molecule has 0 radical (unpaired) electrons. The topological polar surface area (TPSA) is 53.1 Å². The molecular weight excluding hydrogens is 398 g/mol. The molecule has 2 saturated heterocycles. The van der Waals surface area contributed by atoms with Crippen LogP contribution in [0.4, 0.5) is 0 Å². The molecule has 2 aliphatic heterocycles. The molecule has 0 atom stereocenters. The molecular formula is C20H28ClN3O3S. The molecule has 1 aromatic rings. The first kappa shape index (κ1) is 21.6. The van der Waals surface area contributed by atoms with Crippen molar-refractivity contribution in [3.63, 3.8) is 0 Å². The maximum atomic E-state index is 12.7. The monoisotopic (exact) mass is 425 g/mol. The molecule has 8 heteroatoms. The number of nitrogens with zero attached hydrogens (tertiary/aromatic N) is 3. The third-order valence-corrected chi connectivity index (χ3v) is 7.43. The molecule has 0 N–H and O–H groups in total. The lowest BCUT2D eigenvalue weighted by Crippen LogP contribution is -2.44. The summed E-state index contributed by atoms with van der Waals surface area (Å²) in [6.07, 6.45) is 1.44. The van der Waals surface area contributed by atoms with Crippen molar-refractivity contribution < 1.29 is 13.2 Å². The minimum absolute atomic E-state index is 0.0644. The lowest BCUT2D eigenvalue weighted by molar-refractivity contribution is 0.0408. The lowest BCUT2D eigenvalue weighted by Gasteiger charge is -2.31. The van der Waals surface area contributed by atoms with E-state index in [9.17, 15) is 8.42 Å².